The van der Waals surface area contributed by atoms with Gasteiger partial charge in [0.15, 0.2) is 0 Å². The van der Waals surface area contributed by atoms with Crippen LogP contribution < -0.4 is 5.73 Å². The van der Waals surface area contributed by atoms with Gasteiger partial charge in [-0.25, -0.2) is 0 Å². The summed E-state index contributed by atoms with van der Waals surface area (Å²) in [5, 5.41) is 10.5. The molecule has 0 aromatic heterocycles. The Labute approximate surface area is 94.6 Å². The molecule has 4 heteroatoms. The molecule has 1 saturated carbocycles. The Morgan fingerprint density at radius 2 is 1.81 bits per heavy atom. The first-order valence-electron chi connectivity index (χ1n) is 5.61. The highest BCUT2D eigenvalue weighted by atomic mass is 16.6. The minimum Gasteiger partial charge on any atom is -0.325 e. The van der Waals surface area contributed by atoms with Gasteiger partial charge >= 0.3 is 0 Å². The summed E-state index contributed by atoms with van der Waals surface area (Å²) >= 11 is 0. The molecule has 0 aliphatic heterocycles. The van der Waals surface area contributed by atoms with Crippen LogP contribution in [0.2, 0.25) is 0 Å². The standard InChI is InChI=1S/C12H16N2O2/c13-12(7-1-2-8-12)9-10-3-5-11(6-4-10)14(15)16/h3-6H,1-2,7-9,13H2. The maximum Gasteiger partial charge on any atom is 0.269 e. The van der Waals surface area contributed by atoms with Crippen molar-refractivity contribution in [3.05, 3.63) is 39.9 Å². The molecule has 0 heterocycles. The van der Waals surface area contributed by atoms with E-state index in [1.54, 1.807) is 12.1 Å². The molecular formula is C12H16N2O2. The zero-order valence-corrected chi connectivity index (χ0v) is 9.19. The third-order valence-electron chi connectivity index (χ3n) is 3.30. The van der Waals surface area contributed by atoms with Crippen LogP contribution in [-0.4, -0.2) is 10.5 Å². The number of hydrogen-bond donors (Lipinski definition) is 1. The van der Waals surface area contributed by atoms with Crippen LogP contribution in [0.25, 0.3) is 0 Å². The largest absolute Gasteiger partial charge is 0.325 e. The van der Waals surface area contributed by atoms with Crippen LogP contribution in [0, 0.1) is 10.1 Å². The second-order valence-electron chi connectivity index (χ2n) is 4.67. The molecule has 0 unspecified atom stereocenters. The average Bonchev–Trinajstić information content (AvgIpc) is 2.65. The third-order valence-corrected chi connectivity index (χ3v) is 3.30. The highest BCUT2D eigenvalue weighted by molar-refractivity contribution is 5.33. The summed E-state index contributed by atoms with van der Waals surface area (Å²) in [6.45, 7) is 0. The lowest BCUT2D eigenvalue weighted by Crippen LogP contribution is -2.38. The Morgan fingerprint density at radius 1 is 1.25 bits per heavy atom. The third kappa shape index (κ3) is 2.39. The van der Waals surface area contributed by atoms with Crippen molar-refractivity contribution in [1.29, 1.82) is 0 Å². The van der Waals surface area contributed by atoms with Crippen LogP contribution in [0.4, 0.5) is 5.69 Å². The molecular weight excluding hydrogens is 204 g/mol. The topological polar surface area (TPSA) is 69.2 Å². The van der Waals surface area contributed by atoms with Crippen LogP contribution in [0.5, 0.6) is 0 Å². The molecule has 16 heavy (non-hydrogen) atoms. The number of non-ortho nitro benzene ring substituents is 1. The quantitative estimate of drug-likeness (QED) is 0.628. The summed E-state index contributed by atoms with van der Waals surface area (Å²) in [6, 6.07) is 6.72. The van der Waals surface area contributed by atoms with Gasteiger partial charge in [-0.15, -0.1) is 0 Å². The molecule has 0 spiro atoms. The lowest BCUT2D eigenvalue weighted by Gasteiger charge is -2.23. The van der Waals surface area contributed by atoms with E-state index in [0.29, 0.717) is 0 Å². The second kappa shape index (κ2) is 4.22. The van der Waals surface area contributed by atoms with Gasteiger partial charge in [-0.1, -0.05) is 25.0 Å². The van der Waals surface area contributed by atoms with Gasteiger partial charge < -0.3 is 5.73 Å². The average molecular weight is 220 g/mol. The summed E-state index contributed by atoms with van der Waals surface area (Å²) < 4.78 is 0. The normalized spacial score (nSPS) is 18.6. The number of hydrogen-bond acceptors (Lipinski definition) is 3. The molecule has 0 radical (unpaired) electrons. The Hall–Kier alpha value is -1.42. The van der Waals surface area contributed by atoms with Gasteiger partial charge in [0.1, 0.15) is 0 Å². The number of nitro groups is 1. The van der Waals surface area contributed by atoms with Crippen molar-refractivity contribution >= 4 is 5.69 Å². The van der Waals surface area contributed by atoms with Crippen LogP contribution in [0.3, 0.4) is 0 Å². The Balaban J connectivity index is 2.07. The van der Waals surface area contributed by atoms with E-state index in [4.69, 9.17) is 5.73 Å². The number of nitrogens with zero attached hydrogens (tertiary/aromatic N) is 1. The predicted octanol–water partition coefficient (Wildman–Crippen LogP) is 2.41. The van der Waals surface area contributed by atoms with E-state index < -0.39 is 0 Å². The molecule has 1 aromatic rings. The monoisotopic (exact) mass is 220 g/mol. The van der Waals surface area contributed by atoms with Crippen LogP contribution in [0.15, 0.2) is 24.3 Å². The zero-order chi connectivity index (χ0) is 11.6. The smallest absolute Gasteiger partial charge is 0.269 e. The van der Waals surface area contributed by atoms with Gasteiger partial charge in [-0.2, -0.15) is 0 Å². The van der Waals surface area contributed by atoms with Crippen LogP contribution in [-0.2, 0) is 6.42 Å². The number of nitro benzene ring substituents is 1. The van der Waals surface area contributed by atoms with E-state index in [2.05, 4.69) is 0 Å². The van der Waals surface area contributed by atoms with Gasteiger partial charge in [-0.05, 0) is 24.8 Å². The van der Waals surface area contributed by atoms with E-state index in [0.717, 1.165) is 24.8 Å². The Morgan fingerprint density at radius 3 is 2.31 bits per heavy atom. The molecule has 0 atom stereocenters. The van der Waals surface area contributed by atoms with Gasteiger partial charge in [-0.3, -0.25) is 10.1 Å². The molecule has 0 bridgehead atoms. The maximum atomic E-state index is 10.5. The van der Waals surface area contributed by atoms with E-state index in [1.807, 2.05) is 12.1 Å². The molecule has 86 valence electrons. The van der Waals surface area contributed by atoms with Gasteiger partial charge in [0.2, 0.25) is 0 Å². The minimum atomic E-state index is -0.377. The van der Waals surface area contributed by atoms with Crippen molar-refractivity contribution < 1.29 is 4.92 Å². The zero-order valence-electron chi connectivity index (χ0n) is 9.19. The summed E-state index contributed by atoms with van der Waals surface area (Å²) in [4.78, 5) is 10.1. The van der Waals surface area contributed by atoms with Crippen molar-refractivity contribution in [1.82, 2.24) is 0 Å². The first-order chi connectivity index (χ1) is 7.59. The molecule has 2 N–H and O–H groups in total. The number of rotatable bonds is 3. The number of nitrogens with two attached hydrogens (primary N) is 1. The van der Waals surface area contributed by atoms with E-state index in [9.17, 15) is 10.1 Å². The summed E-state index contributed by atoms with van der Waals surface area (Å²) in [6.07, 6.45) is 5.34. The molecule has 0 saturated heterocycles. The van der Waals surface area contributed by atoms with Gasteiger partial charge in [0, 0.05) is 17.7 Å². The van der Waals surface area contributed by atoms with E-state index in [1.165, 1.54) is 12.8 Å². The fourth-order valence-electron chi connectivity index (χ4n) is 2.40. The first-order valence-corrected chi connectivity index (χ1v) is 5.61. The van der Waals surface area contributed by atoms with Crippen molar-refractivity contribution in [2.24, 2.45) is 5.73 Å². The first kappa shape index (κ1) is 11.1. The van der Waals surface area contributed by atoms with Gasteiger partial charge in [0.05, 0.1) is 4.92 Å². The molecule has 1 aliphatic carbocycles. The molecule has 0 amide bonds. The summed E-state index contributed by atoms with van der Waals surface area (Å²) in [5.74, 6) is 0. The van der Waals surface area contributed by atoms with Crippen molar-refractivity contribution in [2.75, 3.05) is 0 Å². The Kier molecular flexibility index (Phi) is 2.92. The fraction of sp³-hybridized carbons (Fsp3) is 0.500. The van der Waals surface area contributed by atoms with Crippen molar-refractivity contribution in [2.45, 2.75) is 37.6 Å². The van der Waals surface area contributed by atoms with Crippen LogP contribution >= 0.6 is 0 Å². The number of benzene rings is 1. The molecule has 2 rings (SSSR count). The second-order valence-corrected chi connectivity index (χ2v) is 4.67. The fourth-order valence-corrected chi connectivity index (χ4v) is 2.40. The van der Waals surface area contributed by atoms with Crippen molar-refractivity contribution in [3.8, 4) is 0 Å². The molecule has 1 aliphatic rings. The maximum absolute atomic E-state index is 10.5. The molecule has 4 nitrogen and oxygen atoms in total. The van der Waals surface area contributed by atoms with E-state index in [-0.39, 0.29) is 16.1 Å². The van der Waals surface area contributed by atoms with Gasteiger partial charge in [0.25, 0.3) is 5.69 Å². The SMILES string of the molecule is NC1(Cc2ccc([N+](=O)[O-])cc2)CCCC1. The summed E-state index contributed by atoms with van der Waals surface area (Å²) in [7, 11) is 0. The van der Waals surface area contributed by atoms with Crippen molar-refractivity contribution in [3.63, 3.8) is 0 Å². The van der Waals surface area contributed by atoms with E-state index >= 15 is 0 Å². The predicted molar refractivity (Wildman–Crippen MR) is 62.2 cm³/mol. The minimum absolute atomic E-state index is 0.0872. The Bertz CT molecular complexity index is 381. The summed E-state index contributed by atoms with van der Waals surface area (Å²) in [5.41, 5.74) is 7.40. The lowest BCUT2D eigenvalue weighted by atomic mass is 9.90. The molecule has 1 fully saturated rings. The highest BCUT2D eigenvalue weighted by Crippen LogP contribution is 2.30. The highest BCUT2D eigenvalue weighted by Gasteiger charge is 2.29. The van der Waals surface area contributed by atoms with Crippen LogP contribution in [0.1, 0.15) is 31.2 Å². The molecule has 1 aromatic carbocycles. The lowest BCUT2D eigenvalue weighted by molar-refractivity contribution is -0.384.